The number of hydrogen-bond donors (Lipinski definition) is 0. The van der Waals surface area contributed by atoms with Gasteiger partial charge in [0.05, 0.1) is 17.9 Å². The van der Waals surface area contributed by atoms with Gasteiger partial charge in [0.1, 0.15) is 5.82 Å². The number of rotatable bonds is 2. The summed E-state index contributed by atoms with van der Waals surface area (Å²) in [5.74, 6) is 1.22. The van der Waals surface area contributed by atoms with Crippen molar-refractivity contribution in [1.82, 2.24) is 9.78 Å². The maximum Gasteiger partial charge on any atom is 0.131 e. The number of halogens is 1. The van der Waals surface area contributed by atoms with E-state index in [4.69, 9.17) is 4.74 Å². The molecule has 1 saturated heterocycles. The molecule has 2 heterocycles. The highest BCUT2D eigenvalue weighted by Gasteiger charge is 2.26. The van der Waals surface area contributed by atoms with E-state index in [9.17, 15) is 0 Å². The molecule has 1 aliphatic rings. The number of alkyl halides is 1. The Morgan fingerprint density at radius 2 is 1.94 bits per heavy atom. The predicted octanol–water partition coefficient (Wildman–Crippen LogP) is 2.24. The number of ether oxygens (including phenoxy) is 1. The van der Waals surface area contributed by atoms with Gasteiger partial charge in [-0.1, -0.05) is 15.9 Å². The summed E-state index contributed by atoms with van der Waals surface area (Å²) >= 11 is 3.56. The van der Waals surface area contributed by atoms with Crippen LogP contribution in [0.4, 0.5) is 5.82 Å². The molecule has 96 valence electrons. The Balaban J connectivity index is 2.32. The van der Waals surface area contributed by atoms with E-state index < -0.39 is 0 Å². The van der Waals surface area contributed by atoms with Crippen molar-refractivity contribution in [3.63, 3.8) is 0 Å². The molecule has 0 aliphatic carbocycles. The Morgan fingerprint density at radius 1 is 1.35 bits per heavy atom. The van der Waals surface area contributed by atoms with Crippen LogP contribution in [-0.4, -0.2) is 35.1 Å². The average molecular weight is 302 g/mol. The summed E-state index contributed by atoms with van der Waals surface area (Å²) in [6.07, 6.45) is 0.550. The summed E-state index contributed by atoms with van der Waals surface area (Å²) in [6, 6.07) is 0. The molecule has 0 radical (unpaired) electrons. The van der Waals surface area contributed by atoms with Crippen LogP contribution in [0.2, 0.25) is 0 Å². The monoisotopic (exact) mass is 301 g/mol. The molecule has 0 unspecified atom stereocenters. The molecule has 0 bridgehead atoms. The number of morpholine rings is 1. The lowest BCUT2D eigenvalue weighted by Gasteiger charge is -2.37. The van der Waals surface area contributed by atoms with Crippen LogP contribution in [0.5, 0.6) is 0 Å². The Morgan fingerprint density at radius 3 is 2.47 bits per heavy atom. The third kappa shape index (κ3) is 2.50. The fraction of sp³-hybridized carbons (Fsp3) is 0.750. The van der Waals surface area contributed by atoms with Gasteiger partial charge < -0.3 is 9.64 Å². The number of anilines is 1. The van der Waals surface area contributed by atoms with Gasteiger partial charge in [-0.2, -0.15) is 5.10 Å². The van der Waals surface area contributed by atoms with Crippen molar-refractivity contribution in [3.05, 3.63) is 11.3 Å². The number of hydrogen-bond acceptors (Lipinski definition) is 3. The first kappa shape index (κ1) is 12.9. The van der Waals surface area contributed by atoms with Crippen LogP contribution < -0.4 is 4.90 Å². The van der Waals surface area contributed by atoms with Gasteiger partial charge in [0.15, 0.2) is 0 Å². The number of nitrogens with zero attached hydrogens (tertiary/aromatic N) is 3. The van der Waals surface area contributed by atoms with Crippen molar-refractivity contribution in [3.8, 4) is 0 Å². The van der Waals surface area contributed by atoms with E-state index in [1.165, 1.54) is 11.4 Å². The van der Waals surface area contributed by atoms with Crippen molar-refractivity contribution in [1.29, 1.82) is 0 Å². The summed E-state index contributed by atoms with van der Waals surface area (Å²) in [5.41, 5.74) is 2.39. The first-order valence-corrected chi connectivity index (χ1v) is 7.14. The van der Waals surface area contributed by atoms with Gasteiger partial charge in [-0.25, -0.2) is 0 Å². The highest BCUT2D eigenvalue weighted by atomic mass is 79.9. The molecule has 0 amide bonds. The van der Waals surface area contributed by atoms with E-state index in [1.54, 1.807) is 0 Å². The van der Waals surface area contributed by atoms with Crippen LogP contribution in [0.15, 0.2) is 0 Å². The SMILES string of the molecule is Cc1nn(C)c(N2C[C@@H](C)O[C@@H](C)C2)c1CBr. The molecule has 1 aliphatic heterocycles. The van der Waals surface area contributed by atoms with E-state index in [-0.39, 0.29) is 12.2 Å². The molecule has 17 heavy (non-hydrogen) atoms. The van der Waals surface area contributed by atoms with E-state index in [1.807, 2.05) is 11.7 Å². The number of aryl methyl sites for hydroxylation is 2. The molecule has 4 nitrogen and oxygen atoms in total. The zero-order chi connectivity index (χ0) is 12.6. The highest BCUT2D eigenvalue weighted by molar-refractivity contribution is 9.08. The minimum atomic E-state index is 0.275. The van der Waals surface area contributed by atoms with E-state index in [0.29, 0.717) is 0 Å². The summed E-state index contributed by atoms with van der Waals surface area (Å²) in [4.78, 5) is 2.38. The third-order valence-corrected chi connectivity index (χ3v) is 3.73. The lowest BCUT2D eigenvalue weighted by molar-refractivity contribution is -0.00568. The zero-order valence-corrected chi connectivity index (χ0v) is 12.5. The second-order valence-corrected chi connectivity index (χ2v) is 5.37. The molecule has 0 N–H and O–H groups in total. The summed E-state index contributed by atoms with van der Waals surface area (Å²) in [7, 11) is 2.01. The topological polar surface area (TPSA) is 30.3 Å². The highest BCUT2D eigenvalue weighted by Crippen LogP contribution is 2.28. The van der Waals surface area contributed by atoms with Gasteiger partial charge in [0.2, 0.25) is 0 Å². The van der Waals surface area contributed by atoms with Crippen molar-refractivity contribution in [2.24, 2.45) is 7.05 Å². The van der Waals surface area contributed by atoms with E-state index in [0.717, 1.165) is 24.1 Å². The Labute approximate surface area is 111 Å². The first-order valence-electron chi connectivity index (χ1n) is 6.01. The van der Waals surface area contributed by atoms with Crippen LogP contribution in [0.25, 0.3) is 0 Å². The molecule has 1 aromatic heterocycles. The minimum absolute atomic E-state index is 0.275. The fourth-order valence-corrected chi connectivity index (χ4v) is 3.25. The largest absolute Gasteiger partial charge is 0.372 e. The number of aromatic nitrogens is 2. The fourth-order valence-electron chi connectivity index (χ4n) is 2.59. The average Bonchev–Trinajstić information content (AvgIpc) is 2.51. The zero-order valence-electron chi connectivity index (χ0n) is 10.9. The molecule has 0 aromatic carbocycles. The Kier molecular flexibility index (Phi) is 3.78. The molecule has 1 fully saturated rings. The molecule has 2 atom stereocenters. The quantitative estimate of drug-likeness (QED) is 0.785. The van der Waals surface area contributed by atoms with E-state index in [2.05, 4.69) is 46.7 Å². The maximum atomic E-state index is 5.77. The van der Waals surface area contributed by atoms with Gasteiger partial charge in [-0.15, -0.1) is 0 Å². The predicted molar refractivity (Wildman–Crippen MR) is 72.8 cm³/mol. The Hall–Kier alpha value is -0.550. The smallest absolute Gasteiger partial charge is 0.131 e. The molecule has 5 heteroatoms. The van der Waals surface area contributed by atoms with Crippen LogP contribution in [-0.2, 0) is 17.1 Å². The van der Waals surface area contributed by atoms with Crippen molar-refractivity contribution in [2.75, 3.05) is 18.0 Å². The normalized spacial score (nSPS) is 25.4. The van der Waals surface area contributed by atoms with Gasteiger partial charge in [-0.3, -0.25) is 4.68 Å². The maximum absolute atomic E-state index is 5.77. The van der Waals surface area contributed by atoms with Crippen molar-refractivity contribution in [2.45, 2.75) is 38.3 Å². The van der Waals surface area contributed by atoms with Gasteiger partial charge in [-0.05, 0) is 20.8 Å². The summed E-state index contributed by atoms with van der Waals surface area (Å²) in [5, 5.41) is 5.36. The van der Waals surface area contributed by atoms with Gasteiger partial charge >= 0.3 is 0 Å². The van der Waals surface area contributed by atoms with Crippen LogP contribution in [0.1, 0.15) is 25.1 Å². The van der Waals surface area contributed by atoms with Crippen LogP contribution in [0.3, 0.4) is 0 Å². The molecule has 0 saturated carbocycles. The summed E-state index contributed by atoms with van der Waals surface area (Å²) in [6.45, 7) is 8.18. The Bertz CT molecular complexity index is 395. The van der Waals surface area contributed by atoms with Gasteiger partial charge in [0.25, 0.3) is 0 Å². The van der Waals surface area contributed by atoms with Crippen LogP contribution >= 0.6 is 15.9 Å². The molecular weight excluding hydrogens is 282 g/mol. The van der Waals surface area contributed by atoms with E-state index >= 15 is 0 Å². The molecule has 0 spiro atoms. The van der Waals surface area contributed by atoms with Crippen molar-refractivity contribution < 1.29 is 4.74 Å². The van der Waals surface area contributed by atoms with Gasteiger partial charge in [0, 0.05) is 31.0 Å². The second kappa shape index (κ2) is 4.98. The standard InChI is InChI=1S/C12H20BrN3O/c1-8-6-16(7-9(2)17-8)12-11(5-13)10(3)14-15(12)4/h8-9H,5-7H2,1-4H3/t8-,9+. The lowest BCUT2D eigenvalue weighted by atomic mass is 10.2. The minimum Gasteiger partial charge on any atom is -0.372 e. The molecular formula is C12H20BrN3O. The van der Waals surface area contributed by atoms with Crippen molar-refractivity contribution >= 4 is 21.7 Å². The first-order chi connectivity index (χ1) is 8.02. The molecule has 2 rings (SSSR count). The third-order valence-electron chi connectivity index (χ3n) is 3.17. The lowest BCUT2D eigenvalue weighted by Crippen LogP contribution is -2.46. The second-order valence-electron chi connectivity index (χ2n) is 4.81. The van der Waals surface area contributed by atoms with Crippen LogP contribution in [0, 0.1) is 6.92 Å². The molecule has 1 aromatic rings. The summed E-state index contributed by atoms with van der Waals surface area (Å²) < 4.78 is 7.76.